The Labute approximate surface area is 163 Å². The van der Waals surface area contributed by atoms with E-state index < -0.39 is 0 Å². The maximum atomic E-state index is 12.2. The monoisotopic (exact) mass is 390 g/mol. The molecule has 0 aliphatic heterocycles. The lowest BCUT2D eigenvalue weighted by Gasteiger charge is -2.09. The number of hydrogen-bond donors (Lipinski definition) is 2. The average Bonchev–Trinajstić information content (AvgIpc) is 3.22. The Morgan fingerprint density at radius 3 is 2.67 bits per heavy atom. The summed E-state index contributed by atoms with van der Waals surface area (Å²) < 4.78 is 3.24. The Bertz CT molecular complexity index is 874. The zero-order valence-electron chi connectivity index (χ0n) is 15.2. The molecule has 3 rings (SSSR count). The molecule has 144 valence electrons. The van der Waals surface area contributed by atoms with Crippen molar-refractivity contribution >= 4 is 18.3 Å². The van der Waals surface area contributed by atoms with E-state index >= 15 is 0 Å². The van der Waals surface area contributed by atoms with Crippen LogP contribution in [0.1, 0.15) is 24.5 Å². The molecule has 10 heteroatoms. The first-order valence-corrected chi connectivity index (χ1v) is 8.42. The van der Waals surface area contributed by atoms with Crippen LogP contribution in [0.2, 0.25) is 0 Å². The minimum Gasteiger partial charge on any atom is -0.353 e. The van der Waals surface area contributed by atoms with Gasteiger partial charge in [-0.1, -0.05) is 35.5 Å². The van der Waals surface area contributed by atoms with E-state index in [4.69, 9.17) is 5.73 Å². The summed E-state index contributed by atoms with van der Waals surface area (Å²) in [5.74, 6) is 0.975. The summed E-state index contributed by atoms with van der Waals surface area (Å²) in [5, 5.41) is 15.1. The lowest BCUT2D eigenvalue weighted by atomic mass is 10.2. The molecule has 0 radical (unpaired) electrons. The van der Waals surface area contributed by atoms with Crippen LogP contribution in [0.15, 0.2) is 36.5 Å². The van der Waals surface area contributed by atoms with Gasteiger partial charge in [0, 0.05) is 18.3 Å². The SMILES string of the molecule is Cc1cn(CCNC(=O)Cn2nc(-c3ccccc3)nc2[C@H](C)N)nn1.Cl. The normalized spacial score (nSPS) is 11.7. The number of carbonyl (C=O) groups excluding carboxylic acids is 1. The number of nitrogens with one attached hydrogen (secondary N) is 1. The molecule has 9 nitrogen and oxygen atoms in total. The molecule has 0 aliphatic carbocycles. The smallest absolute Gasteiger partial charge is 0.241 e. The molecule has 3 aromatic rings. The summed E-state index contributed by atoms with van der Waals surface area (Å²) in [6.45, 7) is 4.76. The van der Waals surface area contributed by atoms with E-state index in [1.807, 2.05) is 50.4 Å². The van der Waals surface area contributed by atoms with Gasteiger partial charge in [0.15, 0.2) is 5.82 Å². The number of aryl methyl sites for hydroxylation is 1. The van der Waals surface area contributed by atoms with Crippen LogP contribution in [0.25, 0.3) is 11.4 Å². The van der Waals surface area contributed by atoms with Gasteiger partial charge >= 0.3 is 0 Å². The van der Waals surface area contributed by atoms with E-state index in [-0.39, 0.29) is 30.9 Å². The molecule has 1 amide bonds. The fourth-order valence-electron chi connectivity index (χ4n) is 2.52. The van der Waals surface area contributed by atoms with Gasteiger partial charge in [0.2, 0.25) is 5.91 Å². The Morgan fingerprint density at radius 2 is 2.04 bits per heavy atom. The molecular formula is C17H23ClN8O. The molecule has 2 heterocycles. The molecule has 0 unspecified atom stereocenters. The van der Waals surface area contributed by atoms with Crippen molar-refractivity contribution in [2.24, 2.45) is 5.73 Å². The molecular weight excluding hydrogens is 368 g/mol. The predicted molar refractivity (Wildman–Crippen MR) is 103 cm³/mol. The third-order valence-electron chi connectivity index (χ3n) is 3.75. The van der Waals surface area contributed by atoms with E-state index in [2.05, 4.69) is 25.7 Å². The molecule has 3 N–H and O–H groups in total. The van der Waals surface area contributed by atoms with Crippen LogP contribution in [0, 0.1) is 6.92 Å². The van der Waals surface area contributed by atoms with E-state index in [9.17, 15) is 4.79 Å². The number of halogens is 1. The van der Waals surface area contributed by atoms with Crippen LogP contribution in [-0.2, 0) is 17.9 Å². The van der Waals surface area contributed by atoms with Crippen molar-refractivity contribution in [3.63, 3.8) is 0 Å². The standard InChI is InChI=1S/C17H22N8O.ClH/c1-12-10-24(23-21-12)9-8-19-15(26)11-25-17(13(2)18)20-16(22-25)14-6-4-3-5-7-14;/h3-7,10,13H,8-9,11,18H2,1-2H3,(H,19,26);1H/t13-;/m0./s1. The lowest BCUT2D eigenvalue weighted by molar-refractivity contribution is -0.121. The summed E-state index contributed by atoms with van der Waals surface area (Å²) in [5.41, 5.74) is 7.71. The summed E-state index contributed by atoms with van der Waals surface area (Å²) in [4.78, 5) is 16.7. The number of nitrogens with two attached hydrogens (primary N) is 1. The zero-order chi connectivity index (χ0) is 18.5. The lowest BCUT2D eigenvalue weighted by Crippen LogP contribution is -2.32. The van der Waals surface area contributed by atoms with E-state index in [1.54, 1.807) is 9.36 Å². The van der Waals surface area contributed by atoms with Crippen LogP contribution >= 0.6 is 12.4 Å². The predicted octanol–water partition coefficient (Wildman–Crippen LogP) is 1.10. The van der Waals surface area contributed by atoms with Gasteiger partial charge in [0.05, 0.1) is 18.3 Å². The first-order valence-electron chi connectivity index (χ1n) is 8.42. The van der Waals surface area contributed by atoms with Gasteiger partial charge in [0.25, 0.3) is 0 Å². The van der Waals surface area contributed by atoms with Crippen LogP contribution in [0.4, 0.5) is 0 Å². The van der Waals surface area contributed by atoms with Crippen molar-refractivity contribution in [1.82, 2.24) is 35.1 Å². The van der Waals surface area contributed by atoms with Crippen LogP contribution in [-0.4, -0.2) is 42.2 Å². The average molecular weight is 391 g/mol. The Hall–Kier alpha value is -2.78. The molecule has 2 aromatic heterocycles. The van der Waals surface area contributed by atoms with Crippen molar-refractivity contribution in [3.05, 3.63) is 48.0 Å². The fraction of sp³-hybridized carbons (Fsp3) is 0.353. The maximum Gasteiger partial charge on any atom is 0.241 e. The molecule has 0 saturated carbocycles. The number of nitrogens with zero attached hydrogens (tertiary/aromatic N) is 6. The number of amides is 1. The zero-order valence-corrected chi connectivity index (χ0v) is 16.1. The van der Waals surface area contributed by atoms with Gasteiger partial charge in [-0.2, -0.15) is 5.10 Å². The van der Waals surface area contributed by atoms with Crippen molar-refractivity contribution in [3.8, 4) is 11.4 Å². The topological polar surface area (TPSA) is 117 Å². The van der Waals surface area contributed by atoms with Crippen LogP contribution < -0.4 is 11.1 Å². The quantitative estimate of drug-likeness (QED) is 0.624. The third-order valence-corrected chi connectivity index (χ3v) is 3.75. The highest BCUT2D eigenvalue weighted by atomic mass is 35.5. The summed E-state index contributed by atoms with van der Waals surface area (Å²) in [6.07, 6.45) is 1.82. The highest BCUT2D eigenvalue weighted by Gasteiger charge is 2.16. The molecule has 1 aromatic carbocycles. The fourth-order valence-corrected chi connectivity index (χ4v) is 2.52. The van der Waals surface area contributed by atoms with Gasteiger partial charge in [-0.3, -0.25) is 9.48 Å². The summed E-state index contributed by atoms with van der Waals surface area (Å²) in [7, 11) is 0. The van der Waals surface area contributed by atoms with Gasteiger partial charge < -0.3 is 11.1 Å². The minimum absolute atomic E-state index is 0. The Morgan fingerprint density at radius 1 is 1.30 bits per heavy atom. The number of aromatic nitrogens is 6. The molecule has 0 spiro atoms. The van der Waals surface area contributed by atoms with Crippen molar-refractivity contribution in [2.45, 2.75) is 33.0 Å². The largest absolute Gasteiger partial charge is 0.353 e. The molecule has 0 fully saturated rings. The van der Waals surface area contributed by atoms with Gasteiger partial charge in [-0.15, -0.1) is 17.5 Å². The number of carbonyl (C=O) groups is 1. The Balaban J connectivity index is 0.00000261. The van der Waals surface area contributed by atoms with Gasteiger partial charge in [0.1, 0.15) is 12.4 Å². The number of rotatable bonds is 7. The molecule has 0 saturated heterocycles. The highest BCUT2D eigenvalue weighted by molar-refractivity contribution is 5.85. The second-order valence-corrected chi connectivity index (χ2v) is 6.08. The van der Waals surface area contributed by atoms with E-state index in [1.165, 1.54) is 0 Å². The number of hydrogen-bond acceptors (Lipinski definition) is 6. The molecule has 0 bridgehead atoms. The minimum atomic E-state index is -0.328. The summed E-state index contributed by atoms with van der Waals surface area (Å²) in [6, 6.07) is 9.28. The maximum absolute atomic E-state index is 12.2. The van der Waals surface area contributed by atoms with Crippen molar-refractivity contribution in [2.75, 3.05) is 6.54 Å². The van der Waals surface area contributed by atoms with Gasteiger partial charge in [-0.25, -0.2) is 9.67 Å². The Kier molecular flexibility index (Phi) is 7.03. The highest BCUT2D eigenvalue weighted by Crippen LogP contribution is 2.17. The van der Waals surface area contributed by atoms with E-state index in [0.29, 0.717) is 24.7 Å². The number of benzene rings is 1. The second-order valence-electron chi connectivity index (χ2n) is 6.08. The third kappa shape index (κ3) is 5.35. The van der Waals surface area contributed by atoms with Crippen molar-refractivity contribution in [1.29, 1.82) is 0 Å². The van der Waals surface area contributed by atoms with Crippen LogP contribution in [0.5, 0.6) is 0 Å². The van der Waals surface area contributed by atoms with E-state index in [0.717, 1.165) is 11.3 Å². The second kappa shape index (κ2) is 9.24. The molecule has 0 aliphatic rings. The first-order chi connectivity index (χ1) is 12.5. The first kappa shape index (κ1) is 20.5. The summed E-state index contributed by atoms with van der Waals surface area (Å²) >= 11 is 0. The van der Waals surface area contributed by atoms with Crippen LogP contribution in [0.3, 0.4) is 0 Å². The van der Waals surface area contributed by atoms with Gasteiger partial charge in [-0.05, 0) is 13.8 Å². The molecule has 27 heavy (non-hydrogen) atoms. The van der Waals surface area contributed by atoms with Crippen molar-refractivity contribution < 1.29 is 4.79 Å². The molecule has 1 atom stereocenters.